The number of rotatable bonds is 4. The van der Waals surface area contributed by atoms with E-state index < -0.39 is 0 Å². The van der Waals surface area contributed by atoms with Crippen molar-refractivity contribution in [3.8, 4) is 0 Å². The standard InChI is InChI=1S/C16H21Cl2N/c1-19-15(16-13(17)3-2-4-14(16)18)9-12-8-10-5-6-11(12)7-10/h2-4,10-12,15,19H,5-9H2,1H3. The second kappa shape index (κ2) is 5.63. The minimum atomic E-state index is 0.283. The van der Waals surface area contributed by atoms with Crippen LogP contribution in [0.1, 0.15) is 43.7 Å². The summed E-state index contributed by atoms with van der Waals surface area (Å²) in [5, 5.41) is 4.99. The zero-order valence-electron chi connectivity index (χ0n) is 11.3. The first kappa shape index (κ1) is 13.7. The lowest BCUT2D eigenvalue weighted by Gasteiger charge is -2.27. The van der Waals surface area contributed by atoms with E-state index in [0.717, 1.165) is 33.4 Å². The maximum atomic E-state index is 6.34. The molecule has 2 bridgehead atoms. The molecule has 2 fully saturated rings. The van der Waals surface area contributed by atoms with Crippen molar-refractivity contribution in [3.63, 3.8) is 0 Å². The molecule has 3 rings (SSSR count). The maximum Gasteiger partial charge on any atom is 0.0468 e. The Morgan fingerprint density at radius 2 is 1.95 bits per heavy atom. The smallest absolute Gasteiger partial charge is 0.0468 e. The van der Waals surface area contributed by atoms with Crippen LogP contribution in [0.2, 0.25) is 10.0 Å². The molecule has 2 aliphatic carbocycles. The SMILES string of the molecule is CNC(CC1CC2CCC1C2)c1c(Cl)cccc1Cl. The van der Waals surface area contributed by atoms with Crippen LogP contribution in [-0.4, -0.2) is 7.05 Å². The number of hydrogen-bond acceptors (Lipinski definition) is 1. The third kappa shape index (κ3) is 2.66. The molecule has 0 spiro atoms. The summed E-state index contributed by atoms with van der Waals surface area (Å²) in [5.41, 5.74) is 1.08. The van der Waals surface area contributed by atoms with Gasteiger partial charge in [-0.05, 0) is 62.6 Å². The van der Waals surface area contributed by atoms with Gasteiger partial charge in [0.2, 0.25) is 0 Å². The average molecular weight is 298 g/mol. The topological polar surface area (TPSA) is 12.0 Å². The Kier molecular flexibility index (Phi) is 4.07. The van der Waals surface area contributed by atoms with E-state index in [1.54, 1.807) is 0 Å². The molecule has 1 nitrogen and oxygen atoms in total. The highest BCUT2D eigenvalue weighted by Gasteiger charge is 2.40. The van der Waals surface area contributed by atoms with E-state index in [9.17, 15) is 0 Å². The molecule has 0 amide bonds. The van der Waals surface area contributed by atoms with Gasteiger partial charge >= 0.3 is 0 Å². The monoisotopic (exact) mass is 297 g/mol. The van der Waals surface area contributed by atoms with Crippen LogP contribution in [0.5, 0.6) is 0 Å². The fraction of sp³-hybridized carbons (Fsp3) is 0.625. The molecular formula is C16H21Cl2N. The van der Waals surface area contributed by atoms with Crippen molar-refractivity contribution >= 4 is 23.2 Å². The molecule has 104 valence electrons. The zero-order chi connectivity index (χ0) is 13.4. The van der Waals surface area contributed by atoms with Crippen LogP contribution in [0.4, 0.5) is 0 Å². The Labute approximate surface area is 125 Å². The predicted octanol–water partition coefficient (Wildman–Crippen LogP) is 5.08. The van der Waals surface area contributed by atoms with Crippen LogP contribution >= 0.6 is 23.2 Å². The van der Waals surface area contributed by atoms with Gasteiger partial charge in [-0.1, -0.05) is 35.7 Å². The molecule has 0 radical (unpaired) electrons. The average Bonchev–Trinajstić information content (AvgIpc) is 2.99. The van der Waals surface area contributed by atoms with Gasteiger partial charge in [0.05, 0.1) is 0 Å². The molecule has 0 heterocycles. The van der Waals surface area contributed by atoms with Crippen molar-refractivity contribution in [3.05, 3.63) is 33.8 Å². The summed E-state index contributed by atoms with van der Waals surface area (Å²) in [5.74, 6) is 2.79. The molecule has 0 aliphatic heterocycles. The van der Waals surface area contributed by atoms with Crippen LogP contribution < -0.4 is 5.32 Å². The summed E-state index contributed by atoms with van der Waals surface area (Å²) in [6.07, 6.45) is 6.92. The van der Waals surface area contributed by atoms with Gasteiger partial charge in [-0.15, -0.1) is 0 Å². The fourth-order valence-corrected chi connectivity index (χ4v) is 4.85. The number of nitrogens with one attached hydrogen (secondary N) is 1. The normalized spacial score (nSPS) is 30.8. The molecule has 4 unspecified atom stereocenters. The van der Waals surface area contributed by atoms with Gasteiger partial charge in [0.25, 0.3) is 0 Å². The lowest BCUT2D eigenvalue weighted by Crippen LogP contribution is -2.23. The van der Waals surface area contributed by atoms with Crippen LogP contribution in [-0.2, 0) is 0 Å². The van der Waals surface area contributed by atoms with Crippen molar-refractivity contribution in [2.24, 2.45) is 17.8 Å². The predicted molar refractivity (Wildman–Crippen MR) is 81.8 cm³/mol. The molecule has 2 aliphatic rings. The molecule has 2 saturated carbocycles. The van der Waals surface area contributed by atoms with Gasteiger partial charge in [0.1, 0.15) is 0 Å². The second-order valence-electron chi connectivity index (χ2n) is 6.15. The molecule has 1 N–H and O–H groups in total. The van der Waals surface area contributed by atoms with E-state index in [2.05, 4.69) is 5.32 Å². The Bertz CT molecular complexity index is 440. The van der Waals surface area contributed by atoms with Crippen molar-refractivity contribution in [1.29, 1.82) is 0 Å². The third-order valence-electron chi connectivity index (χ3n) is 5.12. The quantitative estimate of drug-likeness (QED) is 0.817. The summed E-state index contributed by atoms with van der Waals surface area (Å²) in [7, 11) is 2.01. The van der Waals surface area contributed by atoms with Crippen molar-refractivity contribution in [2.45, 2.75) is 38.1 Å². The van der Waals surface area contributed by atoms with E-state index in [4.69, 9.17) is 23.2 Å². The first-order valence-corrected chi connectivity index (χ1v) is 8.05. The minimum absolute atomic E-state index is 0.283. The Morgan fingerprint density at radius 1 is 1.21 bits per heavy atom. The summed E-state index contributed by atoms with van der Waals surface area (Å²) in [4.78, 5) is 0. The van der Waals surface area contributed by atoms with Gasteiger partial charge in [-0.3, -0.25) is 0 Å². The number of hydrogen-bond donors (Lipinski definition) is 1. The lowest BCUT2D eigenvalue weighted by molar-refractivity contribution is 0.284. The molecule has 0 aromatic heterocycles. The van der Waals surface area contributed by atoms with Gasteiger partial charge in [0.15, 0.2) is 0 Å². The molecule has 4 atom stereocenters. The van der Waals surface area contributed by atoms with Crippen LogP contribution in [0.25, 0.3) is 0 Å². The van der Waals surface area contributed by atoms with Gasteiger partial charge in [0, 0.05) is 21.7 Å². The zero-order valence-corrected chi connectivity index (χ0v) is 12.8. The Hall–Kier alpha value is -0.240. The number of halogens is 2. The Balaban J connectivity index is 1.77. The highest BCUT2D eigenvalue weighted by atomic mass is 35.5. The van der Waals surface area contributed by atoms with Crippen molar-refractivity contribution in [1.82, 2.24) is 5.32 Å². The van der Waals surface area contributed by atoms with E-state index >= 15 is 0 Å². The number of benzene rings is 1. The summed E-state index contributed by atoms with van der Waals surface area (Å²) in [6.45, 7) is 0. The molecule has 19 heavy (non-hydrogen) atoms. The lowest BCUT2D eigenvalue weighted by atomic mass is 9.83. The molecule has 1 aromatic rings. The summed E-state index contributed by atoms with van der Waals surface area (Å²) >= 11 is 12.7. The largest absolute Gasteiger partial charge is 0.313 e. The maximum absolute atomic E-state index is 6.34. The van der Waals surface area contributed by atoms with Crippen molar-refractivity contribution < 1.29 is 0 Å². The molecule has 3 heteroatoms. The highest BCUT2D eigenvalue weighted by molar-refractivity contribution is 6.36. The molecule has 0 saturated heterocycles. The van der Waals surface area contributed by atoms with E-state index in [0.29, 0.717) is 0 Å². The van der Waals surface area contributed by atoms with Crippen molar-refractivity contribution in [2.75, 3.05) is 7.05 Å². The molecule has 1 aromatic carbocycles. The Morgan fingerprint density at radius 3 is 2.47 bits per heavy atom. The van der Waals surface area contributed by atoms with E-state index in [1.807, 2.05) is 25.2 Å². The molecular weight excluding hydrogens is 277 g/mol. The van der Waals surface area contributed by atoms with Gasteiger partial charge < -0.3 is 5.32 Å². The third-order valence-corrected chi connectivity index (χ3v) is 5.78. The van der Waals surface area contributed by atoms with E-state index in [1.165, 1.54) is 32.1 Å². The summed E-state index contributed by atoms with van der Waals surface area (Å²) < 4.78 is 0. The minimum Gasteiger partial charge on any atom is -0.313 e. The van der Waals surface area contributed by atoms with Crippen LogP contribution in [0, 0.1) is 17.8 Å². The number of fused-ring (bicyclic) bond motifs is 2. The first-order valence-electron chi connectivity index (χ1n) is 7.30. The van der Waals surface area contributed by atoms with Crippen LogP contribution in [0.3, 0.4) is 0 Å². The second-order valence-corrected chi connectivity index (χ2v) is 6.96. The first-order chi connectivity index (χ1) is 9.19. The van der Waals surface area contributed by atoms with Gasteiger partial charge in [-0.2, -0.15) is 0 Å². The van der Waals surface area contributed by atoms with Gasteiger partial charge in [-0.25, -0.2) is 0 Å². The van der Waals surface area contributed by atoms with Crippen LogP contribution in [0.15, 0.2) is 18.2 Å². The van der Waals surface area contributed by atoms with E-state index in [-0.39, 0.29) is 6.04 Å². The highest BCUT2D eigenvalue weighted by Crippen LogP contribution is 2.51. The fourth-order valence-electron chi connectivity index (χ4n) is 4.19. The summed E-state index contributed by atoms with van der Waals surface area (Å²) in [6, 6.07) is 6.07.